The zero-order valence-corrected chi connectivity index (χ0v) is 16.4. The first kappa shape index (κ1) is 20.1. The maximum absolute atomic E-state index is 13.8. The van der Waals surface area contributed by atoms with Crippen molar-refractivity contribution in [3.05, 3.63) is 59.2 Å². The number of benzene rings is 1. The number of rotatable bonds is 5. The zero-order valence-electron chi connectivity index (χ0n) is 16.4. The summed E-state index contributed by atoms with van der Waals surface area (Å²) in [6.45, 7) is 1.29. The lowest BCUT2D eigenvalue weighted by Gasteiger charge is -2.28. The topological polar surface area (TPSA) is 82.0 Å². The summed E-state index contributed by atoms with van der Waals surface area (Å²) in [6, 6.07) is 4.38. The molecule has 158 valence electrons. The third-order valence-electron chi connectivity index (χ3n) is 5.31. The predicted molar refractivity (Wildman–Crippen MR) is 102 cm³/mol. The van der Waals surface area contributed by atoms with E-state index >= 15 is 0 Å². The van der Waals surface area contributed by atoms with Crippen molar-refractivity contribution in [3.63, 3.8) is 0 Å². The number of fused-ring (bicyclic) bond motifs is 1. The summed E-state index contributed by atoms with van der Waals surface area (Å²) in [5.41, 5.74) is 8.40. The Kier molecular flexibility index (Phi) is 5.33. The highest BCUT2D eigenvalue weighted by Crippen LogP contribution is 2.25. The van der Waals surface area contributed by atoms with Gasteiger partial charge in [-0.1, -0.05) is 5.21 Å². The number of carbonyl (C=O) groups excluding carboxylic acids is 1. The molecular weight excluding hydrogens is 397 g/mol. The predicted octanol–water partition coefficient (Wildman–Crippen LogP) is 2.00. The second-order valence-corrected chi connectivity index (χ2v) is 7.45. The van der Waals surface area contributed by atoms with Crippen molar-refractivity contribution in [1.82, 2.24) is 24.5 Å². The molecule has 4 rings (SSSR count). The maximum atomic E-state index is 13.8. The van der Waals surface area contributed by atoms with Gasteiger partial charge in [0.1, 0.15) is 11.5 Å². The van der Waals surface area contributed by atoms with Crippen molar-refractivity contribution < 1.29 is 18.0 Å². The fourth-order valence-corrected chi connectivity index (χ4v) is 3.69. The molecule has 0 saturated carbocycles. The lowest BCUT2D eigenvalue weighted by molar-refractivity contribution is -0.133. The third kappa shape index (κ3) is 3.82. The molecule has 0 radical (unpaired) electrons. The average Bonchev–Trinajstić information content (AvgIpc) is 3.31. The van der Waals surface area contributed by atoms with Crippen LogP contribution >= 0.6 is 0 Å². The van der Waals surface area contributed by atoms with Gasteiger partial charge >= 0.3 is 0 Å². The van der Waals surface area contributed by atoms with E-state index < -0.39 is 23.5 Å². The van der Waals surface area contributed by atoms with E-state index in [2.05, 4.69) is 10.3 Å². The van der Waals surface area contributed by atoms with Crippen LogP contribution in [0.25, 0.3) is 11.4 Å². The number of hydrogen-bond donors (Lipinski definition) is 1. The molecule has 0 unspecified atom stereocenters. The first-order valence-corrected chi connectivity index (χ1v) is 9.54. The minimum Gasteiger partial charge on any atom is -0.349 e. The number of amides is 1. The third-order valence-corrected chi connectivity index (χ3v) is 5.31. The molecule has 7 nitrogen and oxygen atoms in total. The highest BCUT2D eigenvalue weighted by atomic mass is 19.2. The highest BCUT2D eigenvalue weighted by molar-refractivity contribution is 5.77. The molecule has 3 aromatic rings. The van der Waals surface area contributed by atoms with Crippen LogP contribution in [0.4, 0.5) is 13.2 Å². The fraction of sp³-hybridized carbons (Fsp3) is 0.350. The van der Waals surface area contributed by atoms with E-state index in [4.69, 9.17) is 5.73 Å². The highest BCUT2D eigenvalue weighted by Gasteiger charge is 2.27. The van der Waals surface area contributed by atoms with Gasteiger partial charge in [-0.15, -0.1) is 5.10 Å². The van der Waals surface area contributed by atoms with Crippen LogP contribution in [0.1, 0.15) is 17.7 Å². The van der Waals surface area contributed by atoms with Gasteiger partial charge in [-0.25, -0.2) is 17.9 Å². The minimum absolute atomic E-state index is 0.0422. The van der Waals surface area contributed by atoms with Crippen LogP contribution < -0.4 is 5.73 Å². The lowest BCUT2D eigenvalue weighted by atomic mass is 10.0. The second-order valence-electron chi connectivity index (χ2n) is 7.45. The summed E-state index contributed by atoms with van der Waals surface area (Å²) in [5, 5.41) is 8.43. The molecule has 1 aromatic carbocycles. The van der Waals surface area contributed by atoms with Crippen molar-refractivity contribution in [2.75, 3.05) is 6.54 Å². The Balaban J connectivity index is 1.44. The van der Waals surface area contributed by atoms with Crippen LogP contribution in [0, 0.1) is 17.5 Å². The Bertz CT molecular complexity index is 1090. The molecule has 2 N–H and O–H groups in total. The van der Waals surface area contributed by atoms with Gasteiger partial charge in [0.05, 0.1) is 24.5 Å². The molecule has 1 aliphatic heterocycles. The number of aromatic nitrogens is 4. The van der Waals surface area contributed by atoms with E-state index in [9.17, 15) is 18.0 Å². The van der Waals surface area contributed by atoms with Crippen LogP contribution in [0.5, 0.6) is 0 Å². The van der Waals surface area contributed by atoms with Crippen LogP contribution in [0.2, 0.25) is 0 Å². The zero-order chi connectivity index (χ0) is 21.4. The van der Waals surface area contributed by atoms with Gasteiger partial charge in [0.25, 0.3) is 0 Å². The molecule has 0 fully saturated rings. The first-order chi connectivity index (χ1) is 14.3. The van der Waals surface area contributed by atoms with E-state index in [1.165, 1.54) is 0 Å². The largest absolute Gasteiger partial charge is 0.349 e. The van der Waals surface area contributed by atoms with E-state index in [1.807, 2.05) is 29.9 Å². The Morgan fingerprint density at radius 3 is 2.70 bits per heavy atom. The van der Waals surface area contributed by atoms with Gasteiger partial charge in [0.15, 0.2) is 11.6 Å². The summed E-state index contributed by atoms with van der Waals surface area (Å²) in [5.74, 6) is -3.48. The van der Waals surface area contributed by atoms with Gasteiger partial charge in [-0.05, 0) is 30.2 Å². The number of halogens is 3. The maximum Gasteiger partial charge on any atom is 0.224 e. The van der Waals surface area contributed by atoms with Gasteiger partial charge < -0.3 is 15.2 Å². The summed E-state index contributed by atoms with van der Waals surface area (Å²) < 4.78 is 44.0. The Hall–Kier alpha value is -3.14. The molecule has 30 heavy (non-hydrogen) atoms. The second kappa shape index (κ2) is 7.94. The van der Waals surface area contributed by atoms with Crippen molar-refractivity contribution in [2.45, 2.75) is 32.0 Å². The van der Waals surface area contributed by atoms with Gasteiger partial charge in [0.2, 0.25) is 5.91 Å². The number of hydrogen-bond acceptors (Lipinski definition) is 4. The van der Waals surface area contributed by atoms with Crippen molar-refractivity contribution >= 4 is 5.91 Å². The molecule has 0 spiro atoms. The normalized spacial score (nSPS) is 14.6. The average molecular weight is 418 g/mol. The smallest absolute Gasteiger partial charge is 0.224 e. The van der Waals surface area contributed by atoms with Crippen LogP contribution in [0.15, 0.2) is 30.5 Å². The number of carbonyl (C=O) groups is 1. The summed E-state index contributed by atoms with van der Waals surface area (Å²) in [6.07, 6.45) is 1.79. The van der Waals surface area contributed by atoms with Gasteiger partial charge in [-0.3, -0.25) is 4.79 Å². The summed E-state index contributed by atoms with van der Waals surface area (Å²) in [7, 11) is 1.91. The molecule has 10 heteroatoms. The van der Waals surface area contributed by atoms with Gasteiger partial charge in [-0.2, -0.15) is 0 Å². The van der Waals surface area contributed by atoms with E-state index in [-0.39, 0.29) is 24.3 Å². The number of aryl methyl sites for hydroxylation is 1. The molecular formula is C20H21F3N6O. The summed E-state index contributed by atoms with van der Waals surface area (Å²) >= 11 is 0. The Morgan fingerprint density at radius 1 is 1.20 bits per heavy atom. The number of nitrogens with zero attached hydrogens (tertiary/aromatic N) is 5. The standard InChI is InChI=1S/C20H21F3N6O/c1-27-4-2-3-17(27)20-18-11-28(5-6-29(18)26-25-20)19(30)9-13(24)7-12-8-15(22)16(23)10-14(12)21/h2-4,8,10,13H,5-7,9,11,24H2,1H3/t13-/m1/s1. The van der Waals surface area contributed by atoms with Crippen LogP contribution in [-0.2, 0) is 31.4 Å². The first-order valence-electron chi connectivity index (χ1n) is 9.54. The minimum atomic E-state index is -1.26. The van der Waals surface area contributed by atoms with E-state index in [1.54, 1.807) is 9.58 Å². The van der Waals surface area contributed by atoms with Gasteiger partial charge in [0, 0.05) is 38.3 Å². The van der Waals surface area contributed by atoms with Crippen molar-refractivity contribution in [1.29, 1.82) is 0 Å². The van der Waals surface area contributed by atoms with Crippen LogP contribution in [-0.4, -0.2) is 43.0 Å². The molecule has 0 saturated heterocycles. The lowest BCUT2D eigenvalue weighted by Crippen LogP contribution is -2.41. The SMILES string of the molecule is Cn1cccc1-c1nnn2c1CN(C(=O)C[C@H](N)Cc1cc(F)c(F)cc1F)CC2. The van der Waals surface area contributed by atoms with E-state index in [0.29, 0.717) is 31.4 Å². The number of nitrogens with two attached hydrogens (primary N) is 1. The monoisotopic (exact) mass is 418 g/mol. The molecule has 2 aromatic heterocycles. The molecule has 3 heterocycles. The Labute approximate surface area is 170 Å². The quantitative estimate of drug-likeness (QED) is 0.643. The fourth-order valence-electron chi connectivity index (χ4n) is 3.69. The Morgan fingerprint density at radius 2 is 1.97 bits per heavy atom. The van der Waals surface area contributed by atoms with E-state index in [0.717, 1.165) is 17.5 Å². The molecule has 0 aliphatic carbocycles. The van der Waals surface area contributed by atoms with Crippen molar-refractivity contribution in [3.8, 4) is 11.4 Å². The van der Waals surface area contributed by atoms with Crippen molar-refractivity contribution in [2.24, 2.45) is 12.8 Å². The summed E-state index contributed by atoms with van der Waals surface area (Å²) in [4.78, 5) is 14.4. The molecule has 1 atom stereocenters. The molecule has 0 bridgehead atoms. The molecule has 1 aliphatic rings. The van der Waals surface area contributed by atoms with Crippen LogP contribution in [0.3, 0.4) is 0 Å². The molecule has 1 amide bonds.